The van der Waals surface area contributed by atoms with E-state index in [2.05, 4.69) is 15.6 Å². The Labute approximate surface area is 111 Å². The maximum atomic E-state index is 11.7. The summed E-state index contributed by atoms with van der Waals surface area (Å²) in [5.74, 6) is -0.178. The minimum atomic E-state index is -0.626. The highest BCUT2D eigenvalue weighted by Crippen LogP contribution is 2.08. The van der Waals surface area contributed by atoms with Gasteiger partial charge in [-0.1, -0.05) is 0 Å². The summed E-state index contributed by atoms with van der Waals surface area (Å²) >= 11 is 0. The van der Waals surface area contributed by atoms with Crippen LogP contribution < -0.4 is 22.1 Å². The normalized spacial score (nSPS) is 11.7. The Morgan fingerprint density at radius 3 is 2.74 bits per heavy atom. The summed E-state index contributed by atoms with van der Waals surface area (Å²) in [5, 5.41) is 5.17. The molecule has 1 rings (SSSR count). The van der Waals surface area contributed by atoms with Crippen LogP contribution in [0.2, 0.25) is 0 Å². The number of pyridine rings is 1. The Hall–Kier alpha value is -2.15. The number of nitrogens with zero attached hydrogens (tertiary/aromatic N) is 1. The molecule has 1 aromatic rings. The fourth-order valence-electron chi connectivity index (χ4n) is 1.45. The second kappa shape index (κ2) is 6.69. The van der Waals surface area contributed by atoms with Crippen LogP contribution in [0.15, 0.2) is 12.3 Å². The molecule has 0 saturated heterocycles. The molecule has 2 amide bonds. The number of aryl methyl sites for hydroxylation is 1. The van der Waals surface area contributed by atoms with E-state index in [0.717, 1.165) is 11.1 Å². The Bertz CT molecular complexity index is 475. The summed E-state index contributed by atoms with van der Waals surface area (Å²) in [4.78, 5) is 26.8. The van der Waals surface area contributed by atoms with Crippen molar-refractivity contribution in [3.8, 4) is 0 Å². The molecule has 1 heterocycles. The molecule has 1 aromatic heterocycles. The van der Waals surface area contributed by atoms with E-state index in [4.69, 9.17) is 11.5 Å². The third-order valence-corrected chi connectivity index (χ3v) is 2.60. The predicted molar refractivity (Wildman–Crippen MR) is 71.9 cm³/mol. The monoisotopic (exact) mass is 265 g/mol. The maximum absolute atomic E-state index is 11.7. The SMILES string of the molecule is Cc1cc(CNC(=O)C(C)NC(=O)CN)cnc1N. The van der Waals surface area contributed by atoms with Gasteiger partial charge < -0.3 is 22.1 Å². The van der Waals surface area contributed by atoms with Gasteiger partial charge in [0.25, 0.3) is 0 Å². The minimum Gasteiger partial charge on any atom is -0.383 e. The van der Waals surface area contributed by atoms with Gasteiger partial charge in [-0.25, -0.2) is 4.98 Å². The second-order valence-corrected chi connectivity index (χ2v) is 4.26. The van der Waals surface area contributed by atoms with Gasteiger partial charge in [-0.3, -0.25) is 9.59 Å². The van der Waals surface area contributed by atoms with Crippen molar-refractivity contribution in [1.82, 2.24) is 15.6 Å². The quantitative estimate of drug-likeness (QED) is 0.546. The number of nitrogens with two attached hydrogens (primary N) is 2. The zero-order valence-corrected chi connectivity index (χ0v) is 11.1. The van der Waals surface area contributed by atoms with Crippen LogP contribution in [0.4, 0.5) is 5.82 Å². The van der Waals surface area contributed by atoms with Crippen molar-refractivity contribution in [1.29, 1.82) is 0 Å². The van der Waals surface area contributed by atoms with Crippen molar-refractivity contribution >= 4 is 17.6 Å². The first-order valence-electron chi connectivity index (χ1n) is 5.92. The summed E-state index contributed by atoms with van der Waals surface area (Å²) in [5.41, 5.74) is 12.5. The molecule has 1 atom stereocenters. The van der Waals surface area contributed by atoms with Crippen molar-refractivity contribution in [3.05, 3.63) is 23.4 Å². The number of nitrogen functional groups attached to an aromatic ring is 1. The van der Waals surface area contributed by atoms with Gasteiger partial charge in [0.15, 0.2) is 0 Å². The van der Waals surface area contributed by atoms with Gasteiger partial charge in [-0.15, -0.1) is 0 Å². The molecule has 7 nitrogen and oxygen atoms in total. The van der Waals surface area contributed by atoms with E-state index < -0.39 is 6.04 Å². The van der Waals surface area contributed by atoms with E-state index in [-0.39, 0.29) is 18.4 Å². The van der Waals surface area contributed by atoms with Crippen molar-refractivity contribution in [2.24, 2.45) is 5.73 Å². The molecule has 6 N–H and O–H groups in total. The molecule has 7 heteroatoms. The van der Waals surface area contributed by atoms with Gasteiger partial charge in [0.2, 0.25) is 11.8 Å². The molecular formula is C12H19N5O2. The van der Waals surface area contributed by atoms with Crippen molar-refractivity contribution in [2.75, 3.05) is 12.3 Å². The summed E-state index contributed by atoms with van der Waals surface area (Å²) < 4.78 is 0. The van der Waals surface area contributed by atoms with Gasteiger partial charge in [0.1, 0.15) is 11.9 Å². The lowest BCUT2D eigenvalue weighted by Crippen LogP contribution is -2.46. The molecule has 0 bridgehead atoms. The van der Waals surface area contributed by atoms with E-state index in [1.807, 2.05) is 13.0 Å². The van der Waals surface area contributed by atoms with E-state index in [1.165, 1.54) is 0 Å². The average Bonchev–Trinajstić information content (AvgIpc) is 2.39. The van der Waals surface area contributed by atoms with E-state index >= 15 is 0 Å². The largest absolute Gasteiger partial charge is 0.383 e. The smallest absolute Gasteiger partial charge is 0.242 e. The number of carbonyl (C=O) groups is 2. The number of amides is 2. The Morgan fingerprint density at radius 1 is 1.47 bits per heavy atom. The fraction of sp³-hybridized carbons (Fsp3) is 0.417. The van der Waals surface area contributed by atoms with Gasteiger partial charge >= 0.3 is 0 Å². The second-order valence-electron chi connectivity index (χ2n) is 4.26. The average molecular weight is 265 g/mol. The molecule has 0 radical (unpaired) electrons. The van der Waals surface area contributed by atoms with Crippen LogP contribution in [0.3, 0.4) is 0 Å². The third-order valence-electron chi connectivity index (χ3n) is 2.60. The van der Waals surface area contributed by atoms with Gasteiger partial charge in [0, 0.05) is 12.7 Å². The molecule has 0 spiro atoms. The predicted octanol–water partition coefficient (Wildman–Crippen LogP) is -0.948. The maximum Gasteiger partial charge on any atom is 0.242 e. The minimum absolute atomic E-state index is 0.140. The number of hydrogen-bond donors (Lipinski definition) is 4. The zero-order valence-electron chi connectivity index (χ0n) is 11.1. The van der Waals surface area contributed by atoms with E-state index in [1.54, 1.807) is 13.1 Å². The van der Waals surface area contributed by atoms with Gasteiger partial charge in [-0.2, -0.15) is 0 Å². The molecule has 19 heavy (non-hydrogen) atoms. The first-order valence-corrected chi connectivity index (χ1v) is 5.92. The molecule has 104 valence electrons. The summed E-state index contributed by atoms with van der Waals surface area (Å²) in [6, 6.07) is 1.23. The van der Waals surface area contributed by atoms with Crippen LogP contribution in [0, 0.1) is 6.92 Å². The number of nitrogens with one attached hydrogen (secondary N) is 2. The molecule has 0 aliphatic rings. The molecule has 1 unspecified atom stereocenters. The lowest BCUT2D eigenvalue weighted by molar-refractivity contribution is -0.128. The Balaban J connectivity index is 2.49. The summed E-state index contributed by atoms with van der Waals surface area (Å²) in [6.45, 7) is 3.63. The van der Waals surface area contributed by atoms with Crippen molar-refractivity contribution < 1.29 is 9.59 Å². The number of carbonyl (C=O) groups excluding carboxylic acids is 2. The standard InChI is InChI=1S/C12H19N5O2/c1-7-3-9(5-15-11(7)14)6-16-12(19)8(2)17-10(18)4-13/h3,5,8H,4,6,13H2,1-2H3,(H2,14,15)(H,16,19)(H,17,18). The van der Waals surface area contributed by atoms with Crippen LogP contribution in [0.5, 0.6) is 0 Å². The molecule has 0 aliphatic heterocycles. The highest BCUT2D eigenvalue weighted by molar-refractivity contribution is 5.87. The number of anilines is 1. The number of rotatable bonds is 5. The molecule has 0 aliphatic carbocycles. The lowest BCUT2D eigenvalue weighted by atomic mass is 10.2. The highest BCUT2D eigenvalue weighted by atomic mass is 16.2. The van der Waals surface area contributed by atoms with Crippen LogP contribution in [-0.4, -0.2) is 29.4 Å². The number of hydrogen-bond acceptors (Lipinski definition) is 5. The van der Waals surface area contributed by atoms with E-state index in [9.17, 15) is 9.59 Å². The lowest BCUT2D eigenvalue weighted by Gasteiger charge is -2.13. The zero-order chi connectivity index (χ0) is 14.4. The molecule has 0 aromatic carbocycles. The number of aromatic nitrogens is 1. The first kappa shape index (κ1) is 14.9. The molecule has 0 fully saturated rings. The first-order chi connectivity index (χ1) is 8.93. The topological polar surface area (TPSA) is 123 Å². The molecular weight excluding hydrogens is 246 g/mol. The van der Waals surface area contributed by atoms with Gasteiger partial charge in [0.05, 0.1) is 6.54 Å². The summed E-state index contributed by atoms with van der Waals surface area (Å²) in [7, 11) is 0. The Kier molecular flexibility index (Phi) is 5.25. The summed E-state index contributed by atoms with van der Waals surface area (Å²) in [6.07, 6.45) is 1.60. The Morgan fingerprint density at radius 2 is 2.16 bits per heavy atom. The van der Waals surface area contributed by atoms with Crippen LogP contribution >= 0.6 is 0 Å². The highest BCUT2D eigenvalue weighted by Gasteiger charge is 2.14. The van der Waals surface area contributed by atoms with Crippen LogP contribution in [-0.2, 0) is 16.1 Å². The third kappa shape index (κ3) is 4.55. The van der Waals surface area contributed by atoms with Crippen molar-refractivity contribution in [3.63, 3.8) is 0 Å². The van der Waals surface area contributed by atoms with Crippen LogP contribution in [0.25, 0.3) is 0 Å². The fourth-order valence-corrected chi connectivity index (χ4v) is 1.45. The van der Waals surface area contributed by atoms with Crippen LogP contribution in [0.1, 0.15) is 18.1 Å². The molecule has 0 saturated carbocycles. The van der Waals surface area contributed by atoms with Gasteiger partial charge in [-0.05, 0) is 31.0 Å². The van der Waals surface area contributed by atoms with Crippen molar-refractivity contribution in [2.45, 2.75) is 26.4 Å². The van der Waals surface area contributed by atoms with E-state index in [0.29, 0.717) is 12.4 Å².